The third kappa shape index (κ3) is 2.29. The summed E-state index contributed by atoms with van der Waals surface area (Å²) in [4.78, 5) is 14.1. The Hall–Kier alpha value is -2.89. The number of fused-ring (bicyclic) bond motifs is 2. The molecule has 26 heavy (non-hydrogen) atoms. The summed E-state index contributed by atoms with van der Waals surface area (Å²) in [5.41, 5.74) is 5.04. The largest absolute Gasteiger partial charge is 0.508 e. The minimum Gasteiger partial charge on any atom is -0.508 e. The molecule has 1 N–H and O–H groups in total. The molecule has 6 heteroatoms. The summed E-state index contributed by atoms with van der Waals surface area (Å²) < 4.78 is 16.2. The van der Waals surface area contributed by atoms with Crippen LogP contribution in [0.1, 0.15) is 22.7 Å². The summed E-state index contributed by atoms with van der Waals surface area (Å²) in [6.45, 7) is 0.590. The first kappa shape index (κ1) is 16.6. The molecule has 0 saturated carbocycles. The molecule has 1 aliphatic heterocycles. The van der Waals surface area contributed by atoms with E-state index in [4.69, 9.17) is 14.2 Å². The predicted octanol–water partition coefficient (Wildman–Crippen LogP) is 3.30. The van der Waals surface area contributed by atoms with Gasteiger partial charge in [0.05, 0.1) is 27.4 Å². The lowest BCUT2D eigenvalue weighted by Gasteiger charge is -2.41. The Morgan fingerprint density at radius 1 is 1.15 bits per heavy atom. The Labute approximate surface area is 151 Å². The molecule has 0 saturated heterocycles. The molecule has 1 atom stereocenters. The van der Waals surface area contributed by atoms with E-state index < -0.39 is 0 Å². The van der Waals surface area contributed by atoms with E-state index in [-0.39, 0.29) is 17.9 Å². The van der Waals surface area contributed by atoms with E-state index in [2.05, 4.69) is 0 Å². The summed E-state index contributed by atoms with van der Waals surface area (Å²) in [6, 6.07) is 7.18. The van der Waals surface area contributed by atoms with Crippen molar-refractivity contribution < 1.29 is 24.1 Å². The first-order chi connectivity index (χ1) is 12.6. The fourth-order valence-corrected chi connectivity index (χ4v) is 4.20. The number of hydrogen-bond acceptors (Lipinski definition) is 5. The lowest BCUT2D eigenvalue weighted by Crippen LogP contribution is -2.42. The standard InChI is InChI=1S/C20H21NO5/c1-24-16-9-12-6-7-21(20(23)26-3)15-8-11-4-5-13(22)10-14(11)18(17(12)15)19(16)25-2/h4-5,9-10,15,22H,6-8H2,1-3H3. The van der Waals surface area contributed by atoms with Crippen LogP contribution in [0.2, 0.25) is 0 Å². The van der Waals surface area contributed by atoms with Crippen LogP contribution in [0, 0.1) is 0 Å². The third-order valence-electron chi connectivity index (χ3n) is 5.31. The number of aromatic hydroxyl groups is 1. The van der Waals surface area contributed by atoms with Crippen LogP contribution in [0.4, 0.5) is 4.79 Å². The SMILES string of the molecule is COC(=O)N1CCc2cc(OC)c(OC)c3c2C1Cc1ccc(O)cc1-3. The van der Waals surface area contributed by atoms with Crippen molar-refractivity contribution in [3.8, 4) is 28.4 Å². The number of benzene rings is 2. The number of amides is 1. The van der Waals surface area contributed by atoms with Gasteiger partial charge < -0.3 is 24.2 Å². The van der Waals surface area contributed by atoms with Gasteiger partial charge in [0.25, 0.3) is 0 Å². The normalized spacial score (nSPS) is 17.2. The number of carbonyl (C=O) groups excluding carboxylic acids is 1. The first-order valence-electron chi connectivity index (χ1n) is 8.53. The molecular formula is C20H21NO5. The van der Waals surface area contributed by atoms with Crippen molar-refractivity contribution in [2.24, 2.45) is 0 Å². The van der Waals surface area contributed by atoms with Gasteiger partial charge in [-0.3, -0.25) is 0 Å². The molecule has 136 valence electrons. The number of ether oxygens (including phenoxy) is 3. The fourth-order valence-electron chi connectivity index (χ4n) is 4.20. The van der Waals surface area contributed by atoms with Crippen LogP contribution in [-0.4, -0.2) is 44.0 Å². The van der Waals surface area contributed by atoms with Gasteiger partial charge in [-0.2, -0.15) is 0 Å². The van der Waals surface area contributed by atoms with Gasteiger partial charge in [-0.25, -0.2) is 4.79 Å². The van der Waals surface area contributed by atoms with Crippen molar-refractivity contribution in [3.63, 3.8) is 0 Å². The Morgan fingerprint density at radius 2 is 1.96 bits per heavy atom. The zero-order valence-corrected chi connectivity index (χ0v) is 15.0. The number of rotatable bonds is 2. The minimum atomic E-state index is -0.330. The Morgan fingerprint density at radius 3 is 2.65 bits per heavy atom. The smallest absolute Gasteiger partial charge is 0.410 e. The highest BCUT2D eigenvalue weighted by Gasteiger charge is 2.39. The molecule has 0 spiro atoms. The summed E-state index contributed by atoms with van der Waals surface area (Å²) in [6.07, 6.45) is 1.05. The van der Waals surface area contributed by atoms with E-state index in [0.717, 1.165) is 27.8 Å². The van der Waals surface area contributed by atoms with Crippen LogP contribution in [0.15, 0.2) is 24.3 Å². The van der Waals surface area contributed by atoms with Crippen molar-refractivity contribution in [2.45, 2.75) is 18.9 Å². The Kier molecular flexibility index (Phi) is 3.90. The van der Waals surface area contributed by atoms with E-state index in [0.29, 0.717) is 30.9 Å². The maximum Gasteiger partial charge on any atom is 0.410 e. The minimum absolute atomic E-state index is 0.127. The van der Waals surface area contributed by atoms with Crippen LogP contribution in [0.3, 0.4) is 0 Å². The van der Waals surface area contributed by atoms with Gasteiger partial charge in [0, 0.05) is 12.1 Å². The van der Waals surface area contributed by atoms with E-state index in [1.165, 1.54) is 7.11 Å². The quantitative estimate of drug-likeness (QED) is 0.895. The zero-order valence-electron chi connectivity index (χ0n) is 15.0. The van der Waals surface area contributed by atoms with Crippen LogP contribution in [0.5, 0.6) is 17.2 Å². The molecule has 0 fully saturated rings. The topological polar surface area (TPSA) is 68.2 Å². The first-order valence-corrected chi connectivity index (χ1v) is 8.53. The van der Waals surface area contributed by atoms with Crippen molar-refractivity contribution in [3.05, 3.63) is 41.0 Å². The lowest BCUT2D eigenvalue weighted by molar-refractivity contribution is 0.100. The molecule has 1 heterocycles. The highest BCUT2D eigenvalue weighted by atomic mass is 16.5. The summed E-state index contributed by atoms with van der Waals surface area (Å²) in [7, 11) is 4.63. The molecule has 2 aromatic carbocycles. The van der Waals surface area contributed by atoms with Gasteiger partial charge in [-0.15, -0.1) is 0 Å². The Balaban J connectivity index is 2.03. The molecule has 0 radical (unpaired) electrons. The summed E-state index contributed by atoms with van der Waals surface area (Å²) in [5, 5.41) is 10.0. The second-order valence-electron chi connectivity index (χ2n) is 6.53. The number of carbonyl (C=O) groups is 1. The van der Waals surface area contributed by atoms with Gasteiger partial charge in [0.15, 0.2) is 11.5 Å². The van der Waals surface area contributed by atoms with Crippen LogP contribution in [0.25, 0.3) is 11.1 Å². The maximum atomic E-state index is 12.3. The molecule has 2 aliphatic rings. The molecule has 2 aromatic rings. The van der Waals surface area contributed by atoms with Gasteiger partial charge >= 0.3 is 6.09 Å². The van der Waals surface area contributed by atoms with Crippen molar-refractivity contribution in [1.82, 2.24) is 4.90 Å². The van der Waals surface area contributed by atoms with Crippen LogP contribution in [-0.2, 0) is 17.6 Å². The highest BCUT2D eigenvalue weighted by Crippen LogP contribution is 2.53. The van der Waals surface area contributed by atoms with Crippen LogP contribution < -0.4 is 9.47 Å². The molecule has 0 aromatic heterocycles. The molecule has 6 nitrogen and oxygen atoms in total. The van der Waals surface area contributed by atoms with E-state index in [9.17, 15) is 9.90 Å². The second kappa shape index (κ2) is 6.12. The molecular weight excluding hydrogens is 334 g/mol. The molecule has 1 aliphatic carbocycles. The number of phenols is 1. The predicted molar refractivity (Wildman–Crippen MR) is 95.9 cm³/mol. The van der Waals surface area contributed by atoms with Gasteiger partial charge in [-0.05, 0) is 53.3 Å². The fraction of sp³-hybridized carbons (Fsp3) is 0.350. The van der Waals surface area contributed by atoms with E-state index in [1.54, 1.807) is 31.3 Å². The summed E-state index contributed by atoms with van der Waals surface area (Å²) >= 11 is 0. The van der Waals surface area contributed by atoms with Gasteiger partial charge in [0.2, 0.25) is 0 Å². The summed E-state index contributed by atoms with van der Waals surface area (Å²) in [5.74, 6) is 1.47. The zero-order chi connectivity index (χ0) is 18.4. The number of nitrogens with zero attached hydrogens (tertiary/aromatic N) is 1. The Bertz CT molecular complexity index is 892. The monoisotopic (exact) mass is 355 g/mol. The van der Waals surface area contributed by atoms with Crippen LogP contribution >= 0.6 is 0 Å². The molecule has 1 amide bonds. The number of hydrogen-bond donors (Lipinski definition) is 1. The maximum absolute atomic E-state index is 12.3. The average Bonchev–Trinajstić information content (AvgIpc) is 2.67. The highest BCUT2D eigenvalue weighted by molar-refractivity contribution is 5.85. The number of phenolic OH excluding ortho intramolecular Hbond substituents is 1. The third-order valence-corrected chi connectivity index (χ3v) is 5.31. The van der Waals surface area contributed by atoms with Crippen molar-refractivity contribution in [1.29, 1.82) is 0 Å². The van der Waals surface area contributed by atoms with E-state index >= 15 is 0 Å². The van der Waals surface area contributed by atoms with Crippen molar-refractivity contribution in [2.75, 3.05) is 27.9 Å². The second-order valence-corrected chi connectivity index (χ2v) is 6.53. The number of methoxy groups -OCH3 is 3. The lowest BCUT2D eigenvalue weighted by atomic mass is 9.76. The van der Waals surface area contributed by atoms with Gasteiger partial charge in [-0.1, -0.05) is 6.07 Å². The average molecular weight is 355 g/mol. The van der Waals surface area contributed by atoms with E-state index in [1.807, 2.05) is 12.1 Å². The van der Waals surface area contributed by atoms with Gasteiger partial charge in [0.1, 0.15) is 5.75 Å². The van der Waals surface area contributed by atoms with Crippen molar-refractivity contribution >= 4 is 6.09 Å². The molecule has 0 bridgehead atoms. The molecule has 1 unspecified atom stereocenters. The molecule has 4 rings (SSSR count).